The second-order valence-electron chi connectivity index (χ2n) is 2.55. The highest BCUT2D eigenvalue weighted by molar-refractivity contribution is 7.60. The lowest BCUT2D eigenvalue weighted by Gasteiger charge is -2.11. The van der Waals surface area contributed by atoms with Gasteiger partial charge in [-0.3, -0.25) is 4.52 Å². The van der Waals surface area contributed by atoms with Crippen molar-refractivity contribution >= 4 is 15.6 Å². The van der Waals surface area contributed by atoms with Gasteiger partial charge in [0.15, 0.2) is 0 Å². The minimum Gasteiger partial charge on any atom is -0.392 e. The number of rotatable bonds is 6. The van der Waals surface area contributed by atoms with Crippen LogP contribution in [-0.2, 0) is 18.0 Å². The summed E-state index contributed by atoms with van der Waals surface area (Å²) < 4.78 is 28.7. The van der Waals surface area contributed by atoms with Gasteiger partial charge in [-0.2, -0.15) is 4.31 Å². The van der Waals surface area contributed by atoms with E-state index in [2.05, 4.69) is 8.83 Å². The Kier molecular flexibility index (Phi) is 5.87. The van der Waals surface area contributed by atoms with E-state index in [9.17, 15) is 9.13 Å². The Morgan fingerprint density at radius 2 is 1.87 bits per heavy atom. The summed E-state index contributed by atoms with van der Waals surface area (Å²) in [6, 6.07) is 0. The summed E-state index contributed by atoms with van der Waals surface area (Å²) in [7, 11) is -9.84. The molecule has 0 aromatic heterocycles. The van der Waals surface area contributed by atoms with Gasteiger partial charge in [-0.1, -0.05) is 6.08 Å². The molecule has 0 heterocycles. The minimum absolute atomic E-state index is 0.252. The van der Waals surface area contributed by atoms with Gasteiger partial charge >= 0.3 is 15.6 Å². The van der Waals surface area contributed by atoms with Gasteiger partial charge in [0.25, 0.3) is 0 Å². The number of hydrogen-bond acceptors (Lipinski definition) is 5. The van der Waals surface area contributed by atoms with Crippen LogP contribution in [0.15, 0.2) is 11.6 Å². The highest BCUT2D eigenvalue weighted by Crippen LogP contribution is 2.57. The maximum Gasteiger partial charge on any atom is 0.481 e. The standard InChI is InChI=1S/C5H12O8P2/c1-5(4-6)2-3-12-15(10,11)13-14(7,8)9/h2,6H,3-4H2,1H3,(H,10,11)(H2,7,8,9)/b5-2-. The van der Waals surface area contributed by atoms with Crippen molar-refractivity contribution in [3.63, 3.8) is 0 Å². The third kappa shape index (κ3) is 8.92. The zero-order valence-corrected chi connectivity index (χ0v) is 9.60. The lowest BCUT2D eigenvalue weighted by atomic mass is 10.3. The van der Waals surface area contributed by atoms with Crippen molar-refractivity contribution in [2.45, 2.75) is 6.92 Å². The fraction of sp³-hybridized carbons (Fsp3) is 0.600. The van der Waals surface area contributed by atoms with Crippen LogP contribution in [0.5, 0.6) is 0 Å². The molecule has 0 bridgehead atoms. The summed E-state index contributed by atoms with van der Waals surface area (Å²) in [6.07, 6.45) is 1.27. The van der Waals surface area contributed by atoms with Crippen LogP contribution in [0.2, 0.25) is 0 Å². The largest absolute Gasteiger partial charge is 0.481 e. The van der Waals surface area contributed by atoms with Gasteiger partial charge in [-0.05, 0) is 12.5 Å². The number of phosphoric acid groups is 2. The first-order valence-corrected chi connectivity index (χ1v) is 6.69. The van der Waals surface area contributed by atoms with Crippen molar-refractivity contribution < 1.29 is 37.8 Å². The molecule has 0 aliphatic carbocycles. The number of phosphoric ester groups is 1. The van der Waals surface area contributed by atoms with Crippen molar-refractivity contribution in [1.29, 1.82) is 0 Å². The maximum absolute atomic E-state index is 10.8. The molecule has 0 saturated heterocycles. The lowest BCUT2D eigenvalue weighted by molar-refractivity contribution is 0.190. The van der Waals surface area contributed by atoms with Gasteiger partial charge in [-0.25, -0.2) is 9.13 Å². The molecule has 0 aliphatic rings. The Hall–Kier alpha value is -0.0400. The molecule has 0 saturated carbocycles. The van der Waals surface area contributed by atoms with Gasteiger partial charge < -0.3 is 19.8 Å². The highest BCUT2D eigenvalue weighted by Gasteiger charge is 2.31. The molecule has 90 valence electrons. The molecule has 0 aromatic carbocycles. The predicted molar refractivity (Wildman–Crippen MR) is 49.7 cm³/mol. The first kappa shape index (κ1) is 15.0. The maximum atomic E-state index is 10.8. The van der Waals surface area contributed by atoms with Crippen LogP contribution in [0.25, 0.3) is 0 Å². The summed E-state index contributed by atoms with van der Waals surface area (Å²) >= 11 is 0. The lowest BCUT2D eigenvalue weighted by Crippen LogP contribution is -1.95. The van der Waals surface area contributed by atoms with Gasteiger partial charge in [0.1, 0.15) is 0 Å². The highest BCUT2D eigenvalue weighted by atomic mass is 31.3. The Morgan fingerprint density at radius 1 is 1.33 bits per heavy atom. The molecule has 4 N–H and O–H groups in total. The molecular weight excluding hydrogens is 250 g/mol. The van der Waals surface area contributed by atoms with Crippen LogP contribution < -0.4 is 0 Å². The van der Waals surface area contributed by atoms with Crippen LogP contribution in [0.1, 0.15) is 6.92 Å². The monoisotopic (exact) mass is 262 g/mol. The summed E-state index contributed by atoms with van der Waals surface area (Å²) in [4.78, 5) is 25.2. The van der Waals surface area contributed by atoms with Crippen LogP contribution in [0.3, 0.4) is 0 Å². The fourth-order valence-electron chi connectivity index (χ4n) is 0.496. The second kappa shape index (κ2) is 5.89. The summed E-state index contributed by atoms with van der Waals surface area (Å²) in [5.41, 5.74) is 0.478. The minimum atomic E-state index is -5.07. The third-order valence-corrected chi connectivity index (χ3v) is 3.28. The number of aliphatic hydroxyl groups excluding tert-OH is 1. The SMILES string of the molecule is C/C(=C/COP(=O)(O)OP(=O)(O)O)CO. The topological polar surface area (TPSA) is 134 Å². The van der Waals surface area contributed by atoms with E-state index in [1.54, 1.807) is 0 Å². The fourth-order valence-corrected chi connectivity index (χ4v) is 2.02. The van der Waals surface area contributed by atoms with E-state index in [4.69, 9.17) is 19.8 Å². The van der Waals surface area contributed by atoms with E-state index in [0.29, 0.717) is 5.57 Å². The number of hydrogen-bond donors (Lipinski definition) is 4. The molecule has 8 nitrogen and oxygen atoms in total. The van der Waals surface area contributed by atoms with E-state index in [1.807, 2.05) is 0 Å². The van der Waals surface area contributed by atoms with Crippen molar-refractivity contribution in [3.8, 4) is 0 Å². The predicted octanol–water partition coefficient (Wildman–Crippen LogP) is 0.151. The molecule has 1 atom stereocenters. The smallest absolute Gasteiger partial charge is 0.392 e. The van der Waals surface area contributed by atoms with Crippen molar-refractivity contribution in [2.24, 2.45) is 0 Å². The average molecular weight is 262 g/mol. The third-order valence-electron chi connectivity index (χ3n) is 1.13. The van der Waals surface area contributed by atoms with Gasteiger partial charge in [0, 0.05) is 0 Å². The Balaban J connectivity index is 4.18. The number of aliphatic hydroxyl groups is 1. The van der Waals surface area contributed by atoms with E-state index in [-0.39, 0.29) is 6.61 Å². The van der Waals surface area contributed by atoms with Crippen LogP contribution in [0.4, 0.5) is 0 Å². The average Bonchev–Trinajstić information content (AvgIpc) is 1.98. The van der Waals surface area contributed by atoms with Crippen LogP contribution in [-0.4, -0.2) is 33.0 Å². The molecule has 1 unspecified atom stereocenters. The molecular formula is C5H12O8P2. The molecule has 15 heavy (non-hydrogen) atoms. The first-order chi connectivity index (χ1) is 6.66. The van der Waals surface area contributed by atoms with E-state index < -0.39 is 22.3 Å². The molecule has 0 fully saturated rings. The first-order valence-electron chi connectivity index (χ1n) is 3.67. The quantitative estimate of drug-likeness (QED) is 0.392. The summed E-state index contributed by atoms with van der Waals surface area (Å²) in [6.45, 7) is 0.883. The van der Waals surface area contributed by atoms with Gasteiger partial charge in [0.2, 0.25) is 0 Å². The second-order valence-corrected chi connectivity index (χ2v) is 5.37. The zero-order valence-electron chi connectivity index (χ0n) is 7.81. The van der Waals surface area contributed by atoms with Crippen LogP contribution >= 0.6 is 15.6 Å². The van der Waals surface area contributed by atoms with Crippen LogP contribution in [0, 0.1) is 0 Å². The van der Waals surface area contributed by atoms with Gasteiger partial charge in [0.05, 0.1) is 13.2 Å². The van der Waals surface area contributed by atoms with E-state index in [1.165, 1.54) is 13.0 Å². The zero-order chi connectivity index (χ0) is 12.1. The van der Waals surface area contributed by atoms with Crippen molar-refractivity contribution in [1.82, 2.24) is 0 Å². The molecule has 10 heteroatoms. The molecule has 0 spiro atoms. The molecule has 0 aromatic rings. The normalized spacial score (nSPS) is 17.5. The Labute approximate surface area is 86.0 Å². The van der Waals surface area contributed by atoms with E-state index >= 15 is 0 Å². The summed E-state index contributed by atoms with van der Waals surface area (Å²) in [5, 5.41) is 8.54. The molecule has 0 radical (unpaired) electrons. The van der Waals surface area contributed by atoms with E-state index in [0.717, 1.165) is 0 Å². The Bertz CT molecular complexity index is 317. The molecule has 0 aliphatic heterocycles. The van der Waals surface area contributed by atoms with Gasteiger partial charge in [-0.15, -0.1) is 0 Å². The Morgan fingerprint density at radius 3 is 2.27 bits per heavy atom. The molecule has 0 rings (SSSR count). The summed E-state index contributed by atoms with van der Waals surface area (Å²) in [5.74, 6) is 0. The van der Waals surface area contributed by atoms with Crippen molar-refractivity contribution in [2.75, 3.05) is 13.2 Å². The molecule has 0 amide bonds. The van der Waals surface area contributed by atoms with Crippen molar-refractivity contribution in [3.05, 3.63) is 11.6 Å².